The Hall–Kier alpha value is -1.13. The topological polar surface area (TPSA) is 25.4 Å². The second-order valence-electron chi connectivity index (χ2n) is 4.56. The van der Waals surface area contributed by atoms with E-state index >= 15 is 0 Å². The number of fused-ring (bicyclic) bond motifs is 1. The van der Waals surface area contributed by atoms with Crippen LogP contribution in [0.15, 0.2) is 28.7 Å². The molecule has 0 spiro atoms. The average Bonchev–Trinajstić information content (AvgIpc) is 2.40. The van der Waals surface area contributed by atoms with Crippen molar-refractivity contribution in [3.8, 4) is 0 Å². The number of morpholine rings is 1. The number of rotatable bonds is 1. The first kappa shape index (κ1) is 11.9. The van der Waals surface area contributed by atoms with Crippen molar-refractivity contribution < 1.29 is 4.74 Å². The molecule has 4 heteroatoms. The van der Waals surface area contributed by atoms with Gasteiger partial charge in [0.25, 0.3) is 0 Å². The maximum Gasteiger partial charge on any atom is 0.129 e. The molecule has 0 N–H and O–H groups in total. The van der Waals surface area contributed by atoms with Gasteiger partial charge in [0.1, 0.15) is 5.82 Å². The normalized spacial score (nSPS) is 16.2. The summed E-state index contributed by atoms with van der Waals surface area (Å²) in [6.07, 6.45) is 0. The third-order valence-electron chi connectivity index (χ3n) is 3.30. The van der Waals surface area contributed by atoms with E-state index in [0.29, 0.717) is 0 Å². The average molecular weight is 307 g/mol. The minimum Gasteiger partial charge on any atom is -0.378 e. The summed E-state index contributed by atoms with van der Waals surface area (Å²) in [5.74, 6) is 1.06. The van der Waals surface area contributed by atoms with Crippen LogP contribution in [0.25, 0.3) is 10.9 Å². The molecule has 2 heterocycles. The first-order valence-corrected chi connectivity index (χ1v) is 6.93. The van der Waals surface area contributed by atoms with E-state index in [1.54, 1.807) is 0 Å². The first-order valence-electron chi connectivity index (χ1n) is 6.13. The van der Waals surface area contributed by atoms with Crippen LogP contribution in [0.2, 0.25) is 0 Å². The molecule has 2 aromatic rings. The van der Waals surface area contributed by atoms with E-state index in [1.807, 2.05) is 6.07 Å². The standard InChI is InChI=1S/C14H15BrN2O/c1-10-8-14(17-4-6-18-7-5-17)16-13-3-2-11(15)9-12(10)13/h2-3,8-9H,4-7H2,1H3. The summed E-state index contributed by atoms with van der Waals surface area (Å²) >= 11 is 3.51. The molecule has 0 saturated carbocycles. The Kier molecular flexibility index (Phi) is 3.22. The van der Waals surface area contributed by atoms with Crippen LogP contribution in [0.1, 0.15) is 5.56 Å². The van der Waals surface area contributed by atoms with E-state index in [9.17, 15) is 0 Å². The minimum absolute atomic E-state index is 0.791. The molecular weight excluding hydrogens is 292 g/mol. The molecule has 1 saturated heterocycles. The Morgan fingerprint density at radius 3 is 2.78 bits per heavy atom. The zero-order valence-electron chi connectivity index (χ0n) is 10.3. The number of pyridine rings is 1. The second-order valence-corrected chi connectivity index (χ2v) is 5.47. The van der Waals surface area contributed by atoms with Gasteiger partial charge in [-0.3, -0.25) is 0 Å². The van der Waals surface area contributed by atoms with Gasteiger partial charge in [-0.1, -0.05) is 15.9 Å². The highest BCUT2D eigenvalue weighted by Crippen LogP contribution is 2.25. The van der Waals surface area contributed by atoms with Gasteiger partial charge >= 0.3 is 0 Å². The molecule has 1 aromatic heterocycles. The van der Waals surface area contributed by atoms with Crippen LogP contribution in [0.5, 0.6) is 0 Å². The van der Waals surface area contributed by atoms with E-state index < -0.39 is 0 Å². The zero-order valence-corrected chi connectivity index (χ0v) is 11.9. The lowest BCUT2D eigenvalue weighted by Gasteiger charge is -2.28. The molecule has 3 nitrogen and oxygen atoms in total. The molecule has 18 heavy (non-hydrogen) atoms. The van der Waals surface area contributed by atoms with Gasteiger partial charge in [-0.05, 0) is 36.8 Å². The summed E-state index contributed by atoms with van der Waals surface area (Å²) in [7, 11) is 0. The summed E-state index contributed by atoms with van der Waals surface area (Å²) in [5, 5.41) is 1.21. The highest BCUT2D eigenvalue weighted by molar-refractivity contribution is 9.10. The monoisotopic (exact) mass is 306 g/mol. The van der Waals surface area contributed by atoms with Crippen LogP contribution in [0.4, 0.5) is 5.82 Å². The highest BCUT2D eigenvalue weighted by Gasteiger charge is 2.13. The van der Waals surface area contributed by atoms with Crippen molar-refractivity contribution in [1.29, 1.82) is 0 Å². The fourth-order valence-corrected chi connectivity index (χ4v) is 2.66. The predicted octanol–water partition coefficient (Wildman–Crippen LogP) is 3.14. The van der Waals surface area contributed by atoms with Crippen molar-refractivity contribution in [2.75, 3.05) is 31.2 Å². The summed E-state index contributed by atoms with van der Waals surface area (Å²) in [6, 6.07) is 8.40. The molecule has 0 amide bonds. The van der Waals surface area contributed by atoms with Crippen molar-refractivity contribution in [3.63, 3.8) is 0 Å². The van der Waals surface area contributed by atoms with Gasteiger partial charge in [-0.15, -0.1) is 0 Å². The number of hydrogen-bond donors (Lipinski definition) is 0. The lowest BCUT2D eigenvalue weighted by molar-refractivity contribution is 0.122. The summed E-state index contributed by atoms with van der Waals surface area (Å²) in [6.45, 7) is 5.57. The Balaban J connectivity index is 2.06. The van der Waals surface area contributed by atoms with Gasteiger partial charge < -0.3 is 9.64 Å². The molecule has 1 aliphatic heterocycles. The van der Waals surface area contributed by atoms with Crippen molar-refractivity contribution in [3.05, 3.63) is 34.3 Å². The van der Waals surface area contributed by atoms with E-state index in [4.69, 9.17) is 9.72 Å². The Morgan fingerprint density at radius 2 is 2.00 bits per heavy atom. The Bertz CT molecular complexity index is 579. The van der Waals surface area contributed by atoms with Gasteiger partial charge in [-0.25, -0.2) is 4.98 Å². The molecule has 3 rings (SSSR count). The van der Waals surface area contributed by atoms with E-state index in [2.05, 4.69) is 46.0 Å². The number of ether oxygens (including phenoxy) is 1. The van der Waals surface area contributed by atoms with Crippen LogP contribution >= 0.6 is 15.9 Å². The molecular formula is C14H15BrN2O. The molecule has 1 fully saturated rings. The fraction of sp³-hybridized carbons (Fsp3) is 0.357. The van der Waals surface area contributed by atoms with Crippen molar-refractivity contribution >= 4 is 32.7 Å². The number of aryl methyl sites for hydroxylation is 1. The Labute approximate surface area is 115 Å². The summed E-state index contributed by atoms with van der Waals surface area (Å²) < 4.78 is 6.48. The van der Waals surface area contributed by atoms with Crippen LogP contribution in [0, 0.1) is 6.92 Å². The lowest BCUT2D eigenvalue weighted by Crippen LogP contribution is -2.36. The van der Waals surface area contributed by atoms with Gasteiger partial charge in [0.2, 0.25) is 0 Å². The molecule has 0 unspecified atom stereocenters. The van der Waals surface area contributed by atoms with E-state index in [1.165, 1.54) is 10.9 Å². The fourth-order valence-electron chi connectivity index (χ4n) is 2.30. The van der Waals surface area contributed by atoms with Crippen LogP contribution in [-0.2, 0) is 4.74 Å². The lowest BCUT2D eigenvalue weighted by atomic mass is 10.1. The zero-order chi connectivity index (χ0) is 12.5. The quantitative estimate of drug-likeness (QED) is 0.809. The summed E-state index contributed by atoms with van der Waals surface area (Å²) in [4.78, 5) is 7.04. The maximum absolute atomic E-state index is 5.38. The molecule has 0 aliphatic carbocycles. The number of benzene rings is 1. The van der Waals surface area contributed by atoms with Gasteiger partial charge in [-0.2, -0.15) is 0 Å². The van der Waals surface area contributed by atoms with Gasteiger partial charge in [0.05, 0.1) is 18.7 Å². The third-order valence-corrected chi connectivity index (χ3v) is 3.79. The molecule has 0 radical (unpaired) electrons. The molecule has 0 bridgehead atoms. The Morgan fingerprint density at radius 1 is 1.22 bits per heavy atom. The molecule has 0 atom stereocenters. The second kappa shape index (κ2) is 4.86. The van der Waals surface area contributed by atoms with Crippen LogP contribution in [0.3, 0.4) is 0 Å². The predicted molar refractivity (Wildman–Crippen MR) is 77.2 cm³/mol. The van der Waals surface area contributed by atoms with E-state index in [-0.39, 0.29) is 0 Å². The number of hydrogen-bond acceptors (Lipinski definition) is 3. The van der Waals surface area contributed by atoms with Crippen molar-refractivity contribution in [1.82, 2.24) is 4.98 Å². The van der Waals surface area contributed by atoms with Gasteiger partial charge in [0, 0.05) is 22.9 Å². The van der Waals surface area contributed by atoms with E-state index in [0.717, 1.165) is 42.1 Å². The molecule has 1 aliphatic rings. The molecule has 94 valence electrons. The number of anilines is 1. The first-order chi connectivity index (χ1) is 8.74. The minimum atomic E-state index is 0.791. The van der Waals surface area contributed by atoms with Crippen LogP contribution < -0.4 is 4.90 Å². The smallest absolute Gasteiger partial charge is 0.129 e. The third kappa shape index (κ3) is 2.22. The number of halogens is 1. The van der Waals surface area contributed by atoms with Crippen molar-refractivity contribution in [2.45, 2.75) is 6.92 Å². The van der Waals surface area contributed by atoms with Crippen LogP contribution in [-0.4, -0.2) is 31.3 Å². The molecule has 1 aromatic carbocycles. The SMILES string of the molecule is Cc1cc(N2CCOCC2)nc2ccc(Br)cc12. The summed E-state index contributed by atoms with van der Waals surface area (Å²) in [5.41, 5.74) is 2.32. The largest absolute Gasteiger partial charge is 0.378 e. The number of aromatic nitrogens is 1. The highest BCUT2D eigenvalue weighted by atomic mass is 79.9. The van der Waals surface area contributed by atoms with Gasteiger partial charge in [0.15, 0.2) is 0 Å². The van der Waals surface area contributed by atoms with Crippen molar-refractivity contribution in [2.24, 2.45) is 0 Å². The maximum atomic E-state index is 5.38. The number of nitrogens with zero attached hydrogens (tertiary/aromatic N) is 2.